The predicted molar refractivity (Wildman–Crippen MR) is 73.0 cm³/mol. The molecular formula is C11H22BrNO3S. The zero-order valence-electron chi connectivity index (χ0n) is 10.4. The van der Waals surface area contributed by atoms with E-state index < -0.39 is 10.0 Å². The molecule has 1 aliphatic rings. The van der Waals surface area contributed by atoms with Gasteiger partial charge in [-0.25, -0.2) is 8.42 Å². The summed E-state index contributed by atoms with van der Waals surface area (Å²) in [5.74, 6) is 0.111. The second-order valence-electron chi connectivity index (χ2n) is 4.25. The Bertz CT molecular complexity index is 304. The van der Waals surface area contributed by atoms with E-state index >= 15 is 0 Å². The lowest BCUT2D eigenvalue weighted by atomic mass is 9.93. The van der Waals surface area contributed by atoms with Crippen molar-refractivity contribution < 1.29 is 13.2 Å². The van der Waals surface area contributed by atoms with E-state index in [4.69, 9.17) is 4.74 Å². The molecule has 4 nitrogen and oxygen atoms in total. The fraction of sp³-hybridized carbons (Fsp3) is 1.00. The third-order valence-electron chi connectivity index (χ3n) is 3.04. The highest BCUT2D eigenvalue weighted by atomic mass is 79.9. The molecule has 0 aromatic heterocycles. The Morgan fingerprint density at radius 2 is 2.12 bits per heavy atom. The minimum Gasteiger partial charge on any atom is -0.381 e. The molecule has 0 saturated heterocycles. The quantitative estimate of drug-likeness (QED) is 0.480. The smallest absolute Gasteiger partial charge is 0.216 e. The van der Waals surface area contributed by atoms with E-state index in [1.165, 1.54) is 0 Å². The SMILES string of the molecule is CCOCCS(=O)(=O)N(CCCBr)C1CCC1. The summed E-state index contributed by atoms with van der Waals surface area (Å²) in [7, 11) is -3.14. The van der Waals surface area contributed by atoms with Crippen LogP contribution in [0.15, 0.2) is 0 Å². The summed E-state index contributed by atoms with van der Waals surface area (Å²) >= 11 is 3.35. The van der Waals surface area contributed by atoms with Gasteiger partial charge in [0, 0.05) is 24.5 Å². The van der Waals surface area contributed by atoms with Crippen molar-refractivity contribution in [3.05, 3.63) is 0 Å². The lowest BCUT2D eigenvalue weighted by Crippen LogP contribution is -2.46. The molecule has 17 heavy (non-hydrogen) atoms. The van der Waals surface area contributed by atoms with Crippen molar-refractivity contribution in [2.75, 3.05) is 30.8 Å². The summed E-state index contributed by atoms with van der Waals surface area (Å²) in [5, 5.41) is 0.844. The number of hydrogen-bond acceptors (Lipinski definition) is 3. The Kier molecular flexibility index (Phi) is 6.99. The maximum Gasteiger partial charge on any atom is 0.216 e. The predicted octanol–water partition coefficient (Wildman–Crippen LogP) is 1.99. The van der Waals surface area contributed by atoms with Crippen LogP contribution < -0.4 is 0 Å². The summed E-state index contributed by atoms with van der Waals surface area (Å²) < 4.78 is 31.2. The molecule has 0 radical (unpaired) electrons. The first-order valence-electron chi connectivity index (χ1n) is 6.25. The van der Waals surface area contributed by atoms with Crippen LogP contribution >= 0.6 is 15.9 Å². The molecule has 0 spiro atoms. The average Bonchev–Trinajstić information content (AvgIpc) is 2.21. The highest BCUT2D eigenvalue weighted by Crippen LogP contribution is 2.27. The molecule has 0 amide bonds. The number of rotatable bonds is 9. The van der Waals surface area contributed by atoms with Gasteiger partial charge in [0.15, 0.2) is 0 Å². The molecule has 0 bridgehead atoms. The van der Waals surface area contributed by atoms with Crippen LogP contribution in [0.4, 0.5) is 0 Å². The van der Waals surface area contributed by atoms with Gasteiger partial charge in [0.25, 0.3) is 0 Å². The summed E-state index contributed by atoms with van der Waals surface area (Å²) in [6, 6.07) is 0.237. The first kappa shape index (κ1) is 15.4. The van der Waals surface area contributed by atoms with E-state index in [1.54, 1.807) is 4.31 Å². The largest absolute Gasteiger partial charge is 0.381 e. The Labute approximate surface area is 113 Å². The molecule has 1 aliphatic carbocycles. The van der Waals surface area contributed by atoms with Gasteiger partial charge in [-0.1, -0.05) is 22.4 Å². The standard InChI is InChI=1S/C11H22BrNO3S/c1-2-16-9-10-17(14,15)13(8-4-7-12)11-5-3-6-11/h11H,2-10H2,1H3. The maximum atomic E-state index is 12.2. The van der Waals surface area contributed by atoms with E-state index in [1.807, 2.05) is 6.92 Å². The van der Waals surface area contributed by atoms with Crippen molar-refractivity contribution in [2.45, 2.75) is 38.6 Å². The van der Waals surface area contributed by atoms with Gasteiger partial charge in [0.2, 0.25) is 10.0 Å². The van der Waals surface area contributed by atoms with Gasteiger partial charge in [-0.05, 0) is 26.2 Å². The molecule has 6 heteroatoms. The summed E-state index contributed by atoms with van der Waals surface area (Å²) in [6.07, 6.45) is 4.03. The number of ether oxygens (including phenoxy) is 1. The van der Waals surface area contributed by atoms with Gasteiger partial charge >= 0.3 is 0 Å². The fourth-order valence-electron chi connectivity index (χ4n) is 1.86. The monoisotopic (exact) mass is 327 g/mol. The number of nitrogens with zero attached hydrogens (tertiary/aromatic N) is 1. The van der Waals surface area contributed by atoms with Crippen molar-refractivity contribution in [2.24, 2.45) is 0 Å². The van der Waals surface area contributed by atoms with Gasteiger partial charge in [0.05, 0.1) is 12.4 Å². The zero-order valence-corrected chi connectivity index (χ0v) is 12.8. The highest BCUT2D eigenvalue weighted by Gasteiger charge is 2.32. The zero-order chi connectivity index (χ0) is 12.7. The normalized spacial score (nSPS) is 17.4. The maximum absolute atomic E-state index is 12.2. The molecule has 0 unspecified atom stereocenters. The number of sulfonamides is 1. The molecule has 0 aromatic rings. The molecule has 1 rings (SSSR count). The first-order chi connectivity index (χ1) is 8.11. The van der Waals surface area contributed by atoms with Gasteiger partial charge in [0.1, 0.15) is 0 Å². The van der Waals surface area contributed by atoms with E-state index in [0.717, 1.165) is 31.0 Å². The molecule has 0 N–H and O–H groups in total. The Hall–Kier alpha value is 0.350. The first-order valence-corrected chi connectivity index (χ1v) is 8.98. The molecular weight excluding hydrogens is 306 g/mol. The van der Waals surface area contributed by atoms with Crippen molar-refractivity contribution in [3.8, 4) is 0 Å². The van der Waals surface area contributed by atoms with Crippen LogP contribution in [0.25, 0.3) is 0 Å². The van der Waals surface area contributed by atoms with Crippen LogP contribution in [0.3, 0.4) is 0 Å². The molecule has 0 atom stereocenters. The lowest BCUT2D eigenvalue weighted by molar-refractivity contribution is 0.160. The van der Waals surface area contributed by atoms with Crippen molar-refractivity contribution >= 4 is 26.0 Å². The van der Waals surface area contributed by atoms with Crippen LogP contribution in [0.5, 0.6) is 0 Å². The number of halogens is 1. The topological polar surface area (TPSA) is 46.6 Å². The van der Waals surface area contributed by atoms with Gasteiger partial charge < -0.3 is 4.74 Å². The van der Waals surface area contributed by atoms with E-state index in [-0.39, 0.29) is 11.8 Å². The van der Waals surface area contributed by atoms with Crippen molar-refractivity contribution in [3.63, 3.8) is 0 Å². The summed E-state index contributed by atoms with van der Waals surface area (Å²) in [4.78, 5) is 0. The summed E-state index contributed by atoms with van der Waals surface area (Å²) in [6.45, 7) is 3.38. The van der Waals surface area contributed by atoms with Gasteiger partial charge in [-0.2, -0.15) is 4.31 Å². The lowest BCUT2D eigenvalue weighted by Gasteiger charge is -2.36. The number of hydrogen-bond donors (Lipinski definition) is 0. The van der Waals surface area contributed by atoms with Crippen molar-refractivity contribution in [1.29, 1.82) is 0 Å². The minimum absolute atomic E-state index is 0.111. The van der Waals surface area contributed by atoms with Crippen LogP contribution in [0.1, 0.15) is 32.6 Å². The summed E-state index contributed by atoms with van der Waals surface area (Å²) in [5.41, 5.74) is 0. The van der Waals surface area contributed by atoms with Gasteiger partial charge in [-0.15, -0.1) is 0 Å². The van der Waals surface area contributed by atoms with Crippen LogP contribution in [-0.4, -0.2) is 49.6 Å². The molecule has 0 aliphatic heterocycles. The second kappa shape index (κ2) is 7.71. The fourth-order valence-corrected chi connectivity index (χ4v) is 3.75. The molecule has 0 heterocycles. The third-order valence-corrected chi connectivity index (χ3v) is 5.48. The third kappa shape index (κ3) is 4.85. The van der Waals surface area contributed by atoms with Crippen LogP contribution in [-0.2, 0) is 14.8 Å². The molecule has 1 fully saturated rings. The molecule has 1 saturated carbocycles. The van der Waals surface area contributed by atoms with Gasteiger partial charge in [-0.3, -0.25) is 0 Å². The van der Waals surface area contributed by atoms with E-state index in [0.29, 0.717) is 19.8 Å². The van der Waals surface area contributed by atoms with E-state index in [2.05, 4.69) is 15.9 Å². The molecule has 0 aromatic carbocycles. The van der Waals surface area contributed by atoms with E-state index in [9.17, 15) is 8.42 Å². The Morgan fingerprint density at radius 3 is 2.59 bits per heavy atom. The number of alkyl halides is 1. The molecule has 102 valence electrons. The Morgan fingerprint density at radius 1 is 1.41 bits per heavy atom. The average molecular weight is 328 g/mol. The highest BCUT2D eigenvalue weighted by molar-refractivity contribution is 9.09. The minimum atomic E-state index is -3.14. The Balaban J connectivity index is 2.53. The van der Waals surface area contributed by atoms with Crippen LogP contribution in [0.2, 0.25) is 0 Å². The second-order valence-corrected chi connectivity index (χ2v) is 7.09. The van der Waals surface area contributed by atoms with Crippen molar-refractivity contribution in [1.82, 2.24) is 4.31 Å². The van der Waals surface area contributed by atoms with Crippen LogP contribution in [0, 0.1) is 0 Å².